The summed E-state index contributed by atoms with van der Waals surface area (Å²) in [4.78, 5) is 0. The largest absolute Gasteiger partial charge is 0.387 e. The number of hydrogen-bond acceptors (Lipinski definition) is 2. The summed E-state index contributed by atoms with van der Waals surface area (Å²) < 4.78 is 0. The zero-order valence-corrected chi connectivity index (χ0v) is 11.5. The van der Waals surface area contributed by atoms with Gasteiger partial charge in [-0.3, -0.25) is 0 Å². The molecule has 19 heavy (non-hydrogen) atoms. The van der Waals surface area contributed by atoms with Crippen LogP contribution in [0.4, 0.5) is 0 Å². The van der Waals surface area contributed by atoms with Gasteiger partial charge in [-0.15, -0.1) is 0 Å². The third kappa shape index (κ3) is 3.91. The molecule has 2 N–H and O–H groups in total. The van der Waals surface area contributed by atoms with Crippen LogP contribution in [-0.4, -0.2) is 11.7 Å². The lowest BCUT2D eigenvalue weighted by atomic mass is 10.1. The van der Waals surface area contributed by atoms with Gasteiger partial charge in [0.15, 0.2) is 0 Å². The van der Waals surface area contributed by atoms with Crippen LogP contribution in [0.15, 0.2) is 54.6 Å². The summed E-state index contributed by atoms with van der Waals surface area (Å²) in [6, 6.07) is 18.5. The number of aliphatic hydroxyl groups is 1. The van der Waals surface area contributed by atoms with Crippen molar-refractivity contribution in [2.75, 3.05) is 6.54 Å². The lowest BCUT2D eigenvalue weighted by Gasteiger charge is -2.18. The fourth-order valence-electron chi connectivity index (χ4n) is 2.05. The molecular formula is C17H21NO. The summed E-state index contributed by atoms with van der Waals surface area (Å²) in [5.41, 5.74) is 3.46. The Morgan fingerprint density at radius 1 is 0.947 bits per heavy atom. The molecule has 2 aromatic rings. The van der Waals surface area contributed by atoms with E-state index in [1.54, 1.807) is 0 Å². The van der Waals surface area contributed by atoms with E-state index >= 15 is 0 Å². The summed E-state index contributed by atoms with van der Waals surface area (Å²) in [5, 5.41) is 13.5. The van der Waals surface area contributed by atoms with E-state index in [9.17, 15) is 5.11 Å². The van der Waals surface area contributed by atoms with Gasteiger partial charge in [-0.1, -0.05) is 60.2 Å². The monoisotopic (exact) mass is 255 g/mol. The Labute approximate surface area is 115 Å². The van der Waals surface area contributed by atoms with Crippen molar-refractivity contribution in [3.05, 3.63) is 71.3 Å². The average molecular weight is 255 g/mol. The number of aryl methyl sites for hydroxylation is 1. The van der Waals surface area contributed by atoms with Crippen molar-refractivity contribution < 1.29 is 5.11 Å². The zero-order chi connectivity index (χ0) is 13.7. The van der Waals surface area contributed by atoms with Crippen LogP contribution in [-0.2, 0) is 0 Å². The summed E-state index contributed by atoms with van der Waals surface area (Å²) in [5.74, 6) is 0. The highest BCUT2D eigenvalue weighted by molar-refractivity contribution is 5.24. The van der Waals surface area contributed by atoms with Crippen molar-refractivity contribution in [2.24, 2.45) is 0 Å². The maximum atomic E-state index is 10.1. The predicted octanol–water partition coefficient (Wildman–Crippen LogP) is 3.38. The Hall–Kier alpha value is -1.64. The highest BCUT2D eigenvalue weighted by atomic mass is 16.3. The Balaban J connectivity index is 1.90. The molecule has 2 nitrogen and oxygen atoms in total. The third-order valence-electron chi connectivity index (χ3n) is 3.38. The number of hydrogen-bond donors (Lipinski definition) is 2. The Bertz CT molecular complexity index is 492. The van der Waals surface area contributed by atoms with E-state index in [2.05, 4.69) is 43.4 Å². The summed E-state index contributed by atoms with van der Waals surface area (Å²) in [6.45, 7) is 4.75. The normalized spacial score (nSPS) is 14.1. The first-order chi connectivity index (χ1) is 9.16. The molecule has 0 aromatic heterocycles. The van der Waals surface area contributed by atoms with Crippen molar-refractivity contribution in [3.8, 4) is 0 Å². The van der Waals surface area contributed by atoms with Crippen molar-refractivity contribution in [1.82, 2.24) is 5.32 Å². The van der Waals surface area contributed by atoms with Crippen molar-refractivity contribution >= 4 is 0 Å². The van der Waals surface area contributed by atoms with E-state index in [4.69, 9.17) is 0 Å². The van der Waals surface area contributed by atoms with E-state index in [-0.39, 0.29) is 6.04 Å². The van der Waals surface area contributed by atoms with Gasteiger partial charge < -0.3 is 10.4 Å². The standard InChI is InChI=1S/C17H21NO/c1-13-8-10-15(11-9-13)14(2)18-12-17(19)16-6-4-3-5-7-16/h3-11,14,17-19H,12H2,1-2H3. The molecule has 100 valence electrons. The highest BCUT2D eigenvalue weighted by Crippen LogP contribution is 2.16. The fraction of sp³-hybridized carbons (Fsp3) is 0.294. The van der Waals surface area contributed by atoms with Crippen LogP contribution in [0.3, 0.4) is 0 Å². The molecule has 0 aliphatic carbocycles. The fourth-order valence-corrected chi connectivity index (χ4v) is 2.05. The SMILES string of the molecule is Cc1ccc(C(C)NCC(O)c2ccccc2)cc1. The van der Waals surface area contributed by atoms with Crippen LogP contribution < -0.4 is 5.32 Å². The first-order valence-electron chi connectivity index (χ1n) is 6.70. The minimum Gasteiger partial charge on any atom is -0.387 e. The average Bonchev–Trinajstić information content (AvgIpc) is 2.46. The lowest BCUT2D eigenvalue weighted by molar-refractivity contribution is 0.171. The molecule has 0 heterocycles. The van der Waals surface area contributed by atoms with Gasteiger partial charge in [-0.05, 0) is 25.0 Å². The molecule has 2 rings (SSSR count). The molecule has 0 amide bonds. The van der Waals surface area contributed by atoms with E-state index in [0.29, 0.717) is 6.54 Å². The van der Waals surface area contributed by atoms with Crippen molar-refractivity contribution in [1.29, 1.82) is 0 Å². The molecular weight excluding hydrogens is 234 g/mol. The van der Waals surface area contributed by atoms with Crippen LogP contribution in [0.25, 0.3) is 0 Å². The van der Waals surface area contributed by atoms with Crippen LogP contribution in [0.2, 0.25) is 0 Å². The Morgan fingerprint density at radius 2 is 1.58 bits per heavy atom. The third-order valence-corrected chi connectivity index (χ3v) is 3.38. The quantitative estimate of drug-likeness (QED) is 0.858. The highest BCUT2D eigenvalue weighted by Gasteiger charge is 2.09. The first-order valence-corrected chi connectivity index (χ1v) is 6.70. The first kappa shape index (κ1) is 13.8. The van der Waals surface area contributed by atoms with Gasteiger partial charge in [0.05, 0.1) is 6.10 Å². The van der Waals surface area contributed by atoms with Gasteiger partial charge in [-0.2, -0.15) is 0 Å². The summed E-state index contributed by atoms with van der Waals surface area (Å²) in [7, 11) is 0. The van der Waals surface area contributed by atoms with E-state index in [1.807, 2.05) is 30.3 Å². The maximum absolute atomic E-state index is 10.1. The second-order valence-electron chi connectivity index (χ2n) is 4.97. The van der Waals surface area contributed by atoms with Gasteiger partial charge in [0, 0.05) is 12.6 Å². The van der Waals surface area contributed by atoms with E-state index < -0.39 is 6.10 Å². The molecule has 2 unspecified atom stereocenters. The topological polar surface area (TPSA) is 32.3 Å². The minimum atomic E-state index is -0.464. The molecule has 0 spiro atoms. The van der Waals surface area contributed by atoms with Crippen LogP contribution in [0.1, 0.15) is 35.8 Å². The molecule has 0 aliphatic heterocycles. The minimum absolute atomic E-state index is 0.235. The van der Waals surface area contributed by atoms with Gasteiger partial charge in [-0.25, -0.2) is 0 Å². The molecule has 0 saturated carbocycles. The molecule has 0 radical (unpaired) electrons. The summed E-state index contributed by atoms with van der Waals surface area (Å²) in [6.07, 6.45) is -0.464. The predicted molar refractivity (Wildman–Crippen MR) is 79.0 cm³/mol. The van der Waals surface area contributed by atoms with Crippen LogP contribution in [0, 0.1) is 6.92 Å². The van der Waals surface area contributed by atoms with Crippen molar-refractivity contribution in [3.63, 3.8) is 0 Å². The van der Waals surface area contributed by atoms with E-state index in [1.165, 1.54) is 11.1 Å². The molecule has 0 fully saturated rings. The van der Waals surface area contributed by atoms with Gasteiger partial charge in [0.2, 0.25) is 0 Å². The van der Waals surface area contributed by atoms with Gasteiger partial charge in [0.25, 0.3) is 0 Å². The number of aliphatic hydroxyl groups excluding tert-OH is 1. The molecule has 0 saturated heterocycles. The number of nitrogens with one attached hydrogen (secondary N) is 1. The smallest absolute Gasteiger partial charge is 0.0914 e. The second kappa shape index (κ2) is 6.50. The molecule has 2 atom stereocenters. The lowest BCUT2D eigenvalue weighted by Crippen LogP contribution is -2.24. The molecule has 2 heteroatoms. The molecule has 2 aromatic carbocycles. The van der Waals surface area contributed by atoms with Gasteiger partial charge in [0.1, 0.15) is 0 Å². The zero-order valence-electron chi connectivity index (χ0n) is 11.5. The van der Waals surface area contributed by atoms with E-state index in [0.717, 1.165) is 5.56 Å². The summed E-state index contributed by atoms with van der Waals surface area (Å²) >= 11 is 0. The van der Waals surface area contributed by atoms with Crippen LogP contribution >= 0.6 is 0 Å². The number of rotatable bonds is 5. The molecule has 0 bridgehead atoms. The van der Waals surface area contributed by atoms with Crippen molar-refractivity contribution in [2.45, 2.75) is 26.0 Å². The number of benzene rings is 2. The Morgan fingerprint density at radius 3 is 2.21 bits per heavy atom. The second-order valence-corrected chi connectivity index (χ2v) is 4.97. The van der Waals surface area contributed by atoms with Gasteiger partial charge >= 0.3 is 0 Å². The molecule has 0 aliphatic rings. The maximum Gasteiger partial charge on any atom is 0.0914 e. The Kier molecular flexibility index (Phi) is 4.72. The van der Waals surface area contributed by atoms with Crippen LogP contribution in [0.5, 0.6) is 0 Å².